The Morgan fingerprint density at radius 2 is 1.05 bits per heavy atom. The first-order valence-corrected chi connectivity index (χ1v) is 15.6. The fourth-order valence-corrected chi connectivity index (χ4v) is 6.46. The lowest BCUT2D eigenvalue weighted by Gasteiger charge is -2.27. The standard InChI is InChI=1S/C17H12Cl2N2O.C17H18Cl2N2.ClH/c18-13-3-5-15-11(9-13)1-2-12-10-14(19)4-6-16(12)21(15)17(22)7-8-20;18-14-4-6-16-12(10-14)2-3-13-11-15(19)5-7-17(13)21(16)9-1-8-20;/h3-6,9-10H,1-2,7H2;4-7,10-11H,1-3,8-9,20H2;1H. The zero-order chi connectivity index (χ0) is 30.5. The van der Waals surface area contributed by atoms with E-state index >= 15 is 0 Å². The number of hydrogen-bond acceptors (Lipinski definition) is 4. The number of halogens is 5. The summed E-state index contributed by atoms with van der Waals surface area (Å²) < 4.78 is 0. The molecule has 2 aliphatic rings. The summed E-state index contributed by atoms with van der Waals surface area (Å²) in [4.78, 5) is 16.4. The zero-order valence-electron chi connectivity index (χ0n) is 23.8. The number of carbonyl (C=O) groups is 1. The third-order valence-corrected chi connectivity index (χ3v) is 8.56. The lowest BCUT2D eigenvalue weighted by molar-refractivity contribution is -0.117. The second-order valence-electron chi connectivity index (χ2n) is 10.5. The molecule has 0 aromatic heterocycles. The average Bonchev–Trinajstić information content (AvgIpc) is 3.23. The van der Waals surface area contributed by atoms with Crippen LogP contribution in [0.1, 0.15) is 35.1 Å². The van der Waals surface area contributed by atoms with Crippen LogP contribution in [-0.4, -0.2) is 19.0 Å². The number of nitrogens with two attached hydrogens (primary N) is 1. The first kappa shape index (κ1) is 33.9. The van der Waals surface area contributed by atoms with Crippen molar-refractivity contribution in [3.63, 3.8) is 0 Å². The quantitative estimate of drug-likeness (QED) is 0.232. The Morgan fingerprint density at radius 3 is 1.41 bits per heavy atom. The molecule has 44 heavy (non-hydrogen) atoms. The molecular weight excluding hydrogens is 658 g/mol. The third-order valence-electron chi connectivity index (χ3n) is 7.62. The highest BCUT2D eigenvalue weighted by Gasteiger charge is 2.26. The molecule has 0 atom stereocenters. The molecule has 10 heteroatoms. The summed E-state index contributed by atoms with van der Waals surface area (Å²) in [5, 5.41) is 11.7. The van der Waals surface area contributed by atoms with Gasteiger partial charge < -0.3 is 10.6 Å². The van der Waals surface area contributed by atoms with Crippen molar-refractivity contribution in [1.82, 2.24) is 0 Å². The Labute approximate surface area is 284 Å². The summed E-state index contributed by atoms with van der Waals surface area (Å²) in [6, 6.07) is 25.1. The average molecular weight is 689 g/mol. The normalized spacial score (nSPS) is 12.9. The lowest BCUT2D eigenvalue weighted by atomic mass is 10.0. The summed E-state index contributed by atoms with van der Waals surface area (Å²) in [5.41, 5.74) is 14.3. The van der Waals surface area contributed by atoms with Gasteiger partial charge in [0.25, 0.3) is 0 Å². The minimum atomic E-state index is -0.253. The predicted molar refractivity (Wildman–Crippen MR) is 186 cm³/mol. The topological polar surface area (TPSA) is 73.4 Å². The van der Waals surface area contributed by atoms with Crippen LogP contribution in [0, 0.1) is 11.3 Å². The molecule has 2 heterocycles. The van der Waals surface area contributed by atoms with Crippen LogP contribution >= 0.6 is 58.8 Å². The van der Waals surface area contributed by atoms with E-state index in [1.54, 1.807) is 17.0 Å². The number of rotatable bonds is 4. The van der Waals surface area contributed by atoms with Crippen molar-refractivity contribution in [2.24, 2.45) is 5.73 Å². The van der Waals surface area contributed by atoms with Gasteiger partial charge >= 0.3 is 0 Å². The van der Waals surface area contributed by atoms with Crippen molar-refractivity contribution in [3.8, 4) is 6.07 Å². The summed E-state index contributed by atoms with van der Waals surface area (Å²) >= 11 is 24.5. The Kier molecular flexibility index (Phi) is 11.8. The van der Waals surface area contributed by atoms with Crippen LogP contribution in [0.3, 0.4) is 0 Å². The SMILES string of the molecule is Cl.N#CCC(=O)N1c2ccc(Cl)cc2CCc2cc(Cl)ccc21.NCCCN1c2ccc(Cl)cc2CCc2cc(Cl)ccc21. The summed E-state index contributed by atoms with van der Waals surface area (Å²) in [7, 11) is 0. The van der Waals surface area contributed by atoms with Crippen LogP contribution < -0.4 is 15.5 Å². The summed E-state index contributed by atoms with van der Waals surface area (Å²) in [6.45, 7) is 1.59. The zero-order valence-corrected chi connectivity index (χ0v) is 27.7. The highest BCUT2D eigenvalue weighted by molar-refractivity contribution is 6.31. The van der Waals surface area contributed by atoms with E-state index in [9.17, 15) is 4.79 Å². The number of amides is 1. The molecule has 1 amide bonds. The number of nitriles is 1. The van der Waals surface area contributed by atoms with E-state index in [0.717, 1.165) is 71.2 Å². The molecule has 0 radical (unpaired) electrons. The first-order valence-electron chi connectivity index (χ1n) is 14.1. The van der Waals surface area contributed by atoms with E-state index in [0.29, 0.717) is 16.6 Å². The second-order valence-corrected chi connectivity index (χ2v) is 12.2. The number of benzene rings is 4. The largest absolute Gasteiger partial charge is 0.341 e. The van der Waals surface area contributed by atoms with Gasteiger partial charge in [0.15, 0.2) is 0 Å². The van der Waals surface area contributed by atoms with Crippen LogP contribution in [0.2, 0.25) is 20.1 Å². The van der Waals surface area contributed by atoms with E-state index in [1.807, 2.05) is 42.5 Å². The number of carbonyl (C=O) groups excluding carboxylic acids is 1. The van der Waals surface area contributed by atoms with Gasteiger partial charge in [-0.25, -0.2) is 0 Å². The van der Waals surface area contributed by atoms with E-state index < -0.39 is 0 Å². The Bertz CT molecular complexity index is 1600. The molecule has 0 aliphatic carbocycles. The molecule has 4 aromatic carbocycles. The van der Waals surface area contributed by atoms with Crippen LogP contribution in [0.15, 0.2) is 72.8 Å². The van der Waals surface area contributed by atoms with Gasteiger partial charge in [-0.3, -0.25) is 9.69 Å². The van der Waals surface area contributed by atoms with Gasteiger partial charge in [0.2, 0.25) is 5.91 Å². The van der Waals surface area contributed by atoms with Crippen molar-refractivity contribution in [1.29, 1.82) is 5.26 Å². The van der Waals surface area contributed by atoms with Gasteiger partial charge in [-0.15, -0.1) is 12.4 Å². The number of anilines is 4. The van der Waals surface area contributed by atoms with Gasteiger partial charge in [0.05, 0.1) is 17.4 Å². The number of aryl methyl sites for hydroxylation is 4. The maximum absolute atomic E-state index is 12.5. The maximum Gasteiger partial charge on any atom is 0.245 e. The van der Waals surface area contributed by atoms with Gasteiger partial charge in [0, 0.05) is 38.0 Å². The van der Waals surface area contributed by atoms with Crippen molar-refractivity contribution in [3.05, 3.63) is 115 Å². The van der Waals surface area contributed by atoms with Gasteiger partial charge in [-0.05, 0) is 134 Å². The highest BCUT2D eigenvalue weighted by atomic mass is 35.5. The molecule has 0 bridgehead atoms. The molecule has 2 N–H and O–H groups in total. The van der Waals surface area contributed by atoms with Crippen LogP contribution in [0.4, 0.5) is 22.7 Å². The minimum Gasteiger partial charge on any atom is -0.341 e. The van der Waals surface area contributed by atoms with Crippen LogP contribution in [0.5, 0.6) is 0 Å². The number of fused-ring (bicyclic) bond motifs is 4. The van der Waals surface area contributed by atoms with Gasteiger partial charge in [-0.1, -0.05) is 46.4 Å². The van der Waals surface area contributed by atoms with Crippen LogP contribution in [0.25, 0.3) is 0 Å². The summed E-state index contributed by atoms with van der Waals surface area (Å²) in [5.74, 6) is -0.253. The molecule has 0 fully saturated rings. The van der Waals surface area contributed by atoms with E-state index in [1.165, 1.54) is 22.5 Å². The molecule has 6 rings (SSSR count). The number of hydrogen-bond donors (Lipinski definition) is 1. The fraction of sp³-hybridized carbons (Fsp3) is 0.235. The molecule has 4 aromatic rings. The Morgan fingerprint density at radius 1 is 0.682 bits per heavy atom. The van der Waals surface area contributed by atoms with Crippen LogP contribution in [-0.2, 0) is 30.5 Å². The van der Waals surface area contributed by atoms with Crippen molar-refractivity contribution < 1.29 is 4.79 Å². The van der Waals surface area contributed by atoms with Gasteiger partial charge in [-0.2, -0.15) is 5.26 Å². The molecule has 228 valence electrons. The van der Waals surface area contributed by atoms with Gasteiger partial charge in [0.1, 0.15) is 6.42 Å². The lowest BCUT2D eigenvalue weighted by Crippen LogP contribution is -2.26. The van der Waals surface area contributed by atoms with E-state index in [2.05, 4.69) is 29.2 Å². The molecule has 0 saturated heterocycles. The Balaban J connectivity index is 0.000000197. The third kappa shape index (κ3) is 7.64. The van der Waals surface area contributed by atoms with Crippen molar-refractivity contribution in [2.75, 3.05) is 22.9 Å². The molecule has 0 saturated carbocycles. The Hall–Kier alpha value is -2.95. The summed E-state index contributed by atoms with van der Waals surface area (Å²) in [6.07, 6.45) is 4.25. The molecule has 5 nitrogen and oxygen atoms in total. The second kappa shape index (κ2) is 15.4. The van der Waals surface area contributed by atoms with Crippen molar-refractivity contribution in [2.45, 2.75) is 38.5 Å². The minimum absolute atomic E-state index is 0. The molecule has 0 unspecified atom stereocenters. The van der Waals surface area contributed by atoms with E-state index in [4.69, 9.17) is 57.4 Å². The van der Waals surface area contributed by atoms with E-state index in [-0.39, 0.29) is 24.7 Å². The molecule has 0 spiro atoms. The van der Waals surface area contributed by atoms with Crippen molar-refractivity contribution >= 4 is 87.5 Å². The number of nitrogens with zero attached hydrogens (tertiary/aromatic N) is 3. The first-order chi connectivity index (χ1) is 20.8. The fourth-order valence-electron chi connectivity index (χ4n) is 5.68. The predicted octanol–water partition coefficient (Wildman–Crippen LogP) is 9.67. The monoisotopic (exact) mass is 686 g/mol. The molecule has 2 aliphatic heterocycles. The smallest absolute Gasteiger partial charge is 0.245 e. The highest BCUT2D eigenvalue weighted by Crippen LogP contribution is 2.40. The maximum atomic E-state index is 12.5. The molecular formula is C34H31Cl5N4O.